The van der Waals surface area contributed by atoms with Gasteiger partial charge in [-0.2, -0.15) is 13.2 Å². The van der Waals surface area contributed by atoms with Crippen molar-refractivity contribution in [1.82, 2.24) is 0 Å². The number of amidine groups is 1. The van der Waals surface area contributed by atoms with Crippen molar-refractivity contribution >= 4 is 24.0 Å². The van der Waals surface area contributed by atoms with Crippen LogP contribution in [0.1, 0.15) is 61.3 Å². The fourth-order valence-electron chi connectivity index (χ4n) is 4.23. The second-order valence-corrected chi connectivity index (χ2v) is 8.36. The molecule has 0 unspecified atom stereocenters. The number of hydrogen-bond donors (Lipinski definition) is 1. The highest BCUT2D eigenvalue weighted by molar-refractivity contribution is 6.13. The maximum absolute atomic E-state index is 14.0. The van der Waals surface area contributed by atoms with Crippen molar-refractivity contribution < 1.29 is 17.6 Å². The van der Waals surface area contributed by atoms with Crippen LogP contribution >= 0.6 is 0 Å². The predicted molar refractivity (Wildman–Crippen MR) is 141 cm³/mol. The van der Waals surface area contributed by atoms with Gasteiger partial charge >= 0.3 is 6.18 Å². The Kier molecular flexibility index (Phi) is 11.2. The lowest BCUT2D eigenvalue weighted by molar-refractivity contribution is -0.137. The molecule has 3 rings (SSSR count). The number of allylic oxidation sites excluding steroid dienone is 1. The largest absolute Gasteiger partial charge is 0.417 e. The number of alkyl halides is 3. The molecule has 8 heteroatoms. The minimum absolute atomic E-state index is 0.0412. The van der Waals surface area contributed by atoms with Crippen molar-refractivity contribution in [2.24, 2.45) is 26.6 Å². The van der Waals surface area contributed by atoms with E-state index in [0.29, 0.717) is 23.7 Å². The Bertz CT molecular complexity index is 1110. The number of hydrogen-bond acceptors (Lipinski definition) is 3. The van der Waals surface area contributed by atoms with Crippen LogP contribution in [0.3, 0.4) is 0 Å². The fraction of sp³-hybridized carbons (Fsp3) is 0.393. The summed E-state index contributed by atoms with van der Waals surface area (Å²) < 4.78 is 55.1. The minimum Gasteiger partial charge on any atom is -0.333 e. The van der Waals surface area contributed by atoms with Gasteiger partial charge < -0.3 is 5.73 Å². The average molecular weight is 503 g/mol. The third-order valence-corrected chi connectivity index (χ3v) is 5.97. The predicted octanol–water partition coefficient (Wildman–Crippen LogP) is 7.26. The van der Waals surface area contributed by atoms with Gasteiger partial charge in [0.05, 0.1) is 11.3 Å². The highest BCUT2D eigenvalue weighted by Crippen LogP contribution is 2.36. The van der Waals surface area contributed by atoms with E-state index < -0.39 is 17.6 Å². The Morgan fingerprint density at radius 3 is 2.33 bits per heavy atom. The SMILES string of the molecule is C=N/C(=C\C(=NC(=NCC)c1cc(F)ccc1C)C1CCCCC1)c1ccccc1C(F)(F)F.CN. The molecular weight excluding hydrogens is 468 g/mol. The smallest absolute Gasteiger partial charge is 0.333 e. The van der Waals surface area contributed by atoms with Crippen LogP contribution in [0.4, 0.5) is 17.6 Å². The first kappa shape index (κ1) is 29.1. The molecule has 4 nitrogen and oxygen atoms in total. The van der Waals surface area contributed by atoms with Crippen molar-refractivity contribution in [2.45, 2.75) is 52.1 Å². The number of rotatable bonds is 6. The van der Waals surface area contributed by atoms with Crippen LogP contribution in [0.2, 0.25) is 0 Å². The molecule has 1 aliphatic rings. The van der Waals surface area contributed by atoms with Crippen LogP contribution in [0, 0.1) is 18.7 Å². The van der Waals surface area contributed by atoms with E-state index in [-0.39, 0.29) is 17.2 Å². The van der Waals surface area contributed by atoms with Crippen LogP contribution in [0.5, 0.6) is 0 Å². The van der Waals surface area contributed by atoms with Gasteiger partial charge in [0.2, 0.25) is 0 Å². The van der Waals surface area contributed by atoms with E-state index in [4.69, 9.17) is 4.99 Å². The van der Waals surface area contributed by atoms with Gasteiger partial charge in [-0.1, -0.05) is 43.5 Å². The Morgan fingerprint density at radius 2 is 1.72 bits per heavy atom. The Morgan fingerprint density at radius 1 is 1.06 bits per heavy atom. The summed E-state index contributed by atoms with van der Waals surface area (Å²) >= 11 is 0. The van der Waals surface area contributed by atoms with Crippen LogP contribution in [-0.2, 0) is 6.18 Å². The van der Waals surface area contributed by atoms with Crippen LogP contribution in [0.15, 0.2) is 63.5 Å². The summed E-state index contributed by atoms with van der Waals surface area (Å²) in [5, 5.41) is 0. The van der Waals surface area contributed by atoms with E-state index in [1.165, 1.54) is 31.3 Å². The molecule has 1 saturated carbocycles. The molecule has 1 fully saturated rings. The molecule has 0 radical (unpaired) electrons. The second-order valence-electron chi connectivity index (χ2n) is 8.36. The number of benzene rings is 2. The second kappa shape index (κ2) is 13.8. The molecule has 0 amide bonds. The topological polar surface area (TPSA) is 63.1 Å². The normalized spacial score (nSPS) is 15.8. The summed E-state index contributed by atoms with van der Waals surface area (Å²) in [5.41, 5.74) is 5.74. The molecule has 0 heterocycles. The molecule has 0 spiro atoms. The highest BCUT2D eigenvalue weighted by atomic mass is 19.4. The summed E-state index contributed by atoms with van der Waals surface area (Å²) in [4.78, 5) is 13.3. The highest BCUT2D eigenvalue weighted by Gasteiger charge is 2.34. The molecule has 0 aliphatic heterocycles. The summed E-state index contributed by atoms with van der Waals surface area (Å²) in [7, 11) is 1.50. The standard InChI is InChI=1S/C27H29F4N3.CH5N/c1-4-33-26(22-16-20(28)15-14-18(22)2)34-24(19-10-6-5-7-11-19)17-25(32-3)21-12-8-9-13-23(21)27(29,30)31;1-2/h8-9,12-17,19H,3-7,10-11H2,1-2H3;2H2,1H3/b25-17-,33-26?,34-24?;. The van der Waals surface area contributed by atoms with E-state index in [1.54, 1.807) is 18.2 Å². The molecule has 0 saturated heterocycles. The number of aliphatic imine (C=N–C) groups is 3. The molecule has 0 atom stereocenters. The van der Waals surface area contributed by atoms with Crippen LogP contribution < -0.4 is 5.73 Å². The van der Waals surface area contributed by atoms with Crippen molar-refractivity contribution in [3.63, 3.8) is 0 Å². The summed E-state index contributed by atoms with van der Waals surface area (Å²) in [5.74, 6) is 0.00484. The molecule has 194 valence electrons. The number of halogens is 4. The summed E-state index contributed by atoms with van der Waals surface area (Å²) in [6.45, 7) is 7.67. The van der Waals surface area contributed by atoms with Gasteiger partial charge in [-0.25, -0.2) is 9.38 Å². The van der Waals surface area contributed by atoms with Gasteiger partial charge in [-0.05, 0) is 70.3 Å². The molecule has 2 aromatic carbocycles. The maximum Gasteiger partial charge on any atom is 0.417 e. The summed E-state index contributed by atoms with van der Waals surface area (Å²) in [6.07, 6.45) is 1.91. The lowest BCUT2D eigenvalue weighted by Crippen LogP contribution is -2.19. The number of nitrogens with zero attached hydrogens (tertiary/aromatic N) is 3. The first-order chi connectivity index (χ1) is 17.2. The third kappa shape index (κ3) is 7.68. The van der Waals surface area contributed by atoms with Gasteiger partial charge in [0, 0.05) is 29.3 Å². The van der Waals surface area contributed by atoms with Crippen molar-refractivity contribution in [3.05, 3.63) is 76.6 Å². The molecule has 1 aliphatic carbocycles. The lowest BCUT2D eigenvalue weighted by atomic mass is 9.85. The van der Waals surface area contributed by atoms with Gasteiger partial charge in [-0.15, -0.1) is 0 Å². The zero-order chi connectivity index (χ0) is 26.7. The summed E-state index contributed by atoms with van der Waals surface area (Å²) in [6, 6.07) is 9.75. The molecular formula is C28H34F4N4. The average Bonchev–Trinajstić information content (AvgIpc) is 2.88. The van der Waals surface area contributed by atoms with Crippen LogP contribution in [0.25, 0.3) is 5.70 Å². The van der Waals surface area contributed by atoms with E-state index in [9.17, 15) is 17.6 Å². The van der Waals surface area contributed by atoms with E-state index in [2.05, 4.69) is 22.4 Å². The Labute approximate surface area is 210 Å². The molecule has 2 N–H and O–H groups in total. The van der Waals surface area contributed by atoms with Crippen molar-refractivity contribution in [3.8, 4) is 0 Å². The van der Waals surface area contributed by atoms with Crippen molar-refractivity contribution in [1.29, 1.82) is 0 Å². The zero-order valence-corrected chi connectivity index (χ0v) is 21.1. The quantitative estimate of drug-likeness (QED) is 0.252. The van der Waals surface area contributed by atoms with Gasteiger partial charge in [0.25, 0.3) is 0 Å². The zero-order valence-electron chi connectivity index (χ0n) is 21.1. The number of nitrogens with two attached hydrogens (primary N) is 1. The molecule has 2 aromatic rings. The van der Waals surface area contributed by atoms with Gasteiger partial charge in [-0.3, -0.25) is 9.98 Å². The molecule has 0 aromatic heterocycles. The Hall–Kier alpha value is -3.13. The van der Waals surface area contributed by atoms with Gasteiger partial charge in [0.1, 0.15) is 5.82 Å². The Balaban J connectivity index is 0.00000222. The fourth-order valence-corrected chi connectivity index (χ4v) is 4.23. The molecule has 0 bridgehead atoms. The van der Waals surface area contributed by atoms with Crippen molar-refractivity contribution in [2.75, 3.05) is 13.6 Å². The maximum atomic E-state index is 14.0. The minimum atomic E-state index is -4.53. The lowest BCUT2D eigenvalue weighted by Gasteiger charge is -2.23. The van der Waals surface area contributed by atoms with Crippen LogP contribution in [-0.4, -0.2) is 31.9 Å². The monoisotopic (exact) mass is 502 g/mol. The number of aryl methyl sites for hydroxylation is 1. The van der Waals surface area contributed by atoms with E-state index in [0.717, 1.165) is 43.7 Å². The first-order valence-electron chi connectivity index (χ1n) is 12.1. The van der Waals surface area contributed by atoms with Gasteiger partial charge in [0.15, 0.2) is 5.84 Å². The van der Waals surface area contributed by atoms with E-state index >= 15 is 0 Å². The molecule has 36 heavy (non-hydrogen) atoms. The first-order valence-corrected chi connectivity index (χ1v) is 12.1. The van der Waals surface area contributed by atoms with E-state index in [1.807, 2.05) is 13.8 Å². The third-order valence-electron chi connectivity index (χ3n) is 5.97.